The average molecular weight is 281 g/mol. The van der Waals surface area contributed by atoms with E-state index in [4.69, 9.17) is 11.5 Å². The number of benzene rings is 2. The second kappa shape index (κ2) is 5.48. The Morgan fingerprint density at radius 2 is 1.81 bits per heavy atom. The molecule has 0 aromatic heterocycles. The smallest absolute Gasteiger partial charge is 0.250 e. The summed E-state index contributed by atoms with van der Waals surface area (Å²) < 4.78 is 0. The van der Waals surface area contributed by atoms with Gasteiger partial charge in [-0.2, -0.15) is 0 Å². The number of nitrogen functional groups attached to an aromatic ring is 1. The number of hydrogen-bond acceptors (Lipinski definition) is 3. The van der Waals surface area contributed by atoms with E-state index in [-0.39, 0.29) is 0 Å². The van der Waals surface area contributed by atoms with Crippen LogP contribution in [-0.4, -0.2) is 12.5 Å². The van der Waals surface area contributed by atoms with Crippen molar-refractivity contribution in [2.45, 2.75) is 19.4 Å². The Labute approximate surface area is 124 Å². The lowest BCUT2D eigenvalue weighted by atomic mass is 10.0. The van der Waals surface area contributed by atoms with Crippen LogP contribution in [0.5, 0.6) is 0 Å². The van der Waals surface area contributed by atoms with Gasteiger partial charge in [0, 0.05) is 13.1 Å². The first-order valence-electron chi connectivity index (χ1n) is 7.17. The Balaban J connectivity index is 2.04. The van der Waals surface area contributed by atoms with E-state index < -0.39 is 5.91 Å². The van der Waals surface area contributed by atoms with E-state index in [2.05, 4.69) is 23.1 Å². The Morgan fingerprint density at radius 3 is 2.57 bits per heavy atom. The zero-order chi connectivity index (χ0) is 14.8. The van der Waals surface area contributed by atoms with Crippen molar-refractivity contribution in [2.75, 3.05) is 17.2 Å². The van der Waals surface area contributed by atoms with Crippen molar-refractivity contribution >= 4 is 17.3 Å². The number of fused-ring (bicyclic) bond motifs is 1. The van der Waals surface area contributed by atoms with Crippen molar-refractivity contribution in [3.8, 4) is 0 Å². The number of nitrogens with two attached hydrogens (primary N) is 2. The molecule has 1 amide bonds. The predicted molar refractivity (Wildman–Crippen MR) is 85.2 cm³/mol. The molecule has 2 aromatic carbocycles. The molecule has 0 unspecified atom stereocenters. The largest absolute Gasteiger partial charge is 0.397 e. The lowest BCUT2D eigenvalue weighted by Crippen LogP contribution is -2.27. The average Bonchev–Trinajstić information content (AvgIpc) is 2.68. The summed E-state index contributed by atoms with van der Waals surface area (Å²) in [5, 5.41) is 0. The van der Waals surface area contributed by atoms with Crippen molar-refractivity contribution in [3.63, 3.8) is 0 Å². The van der Waals surface area contributed by atoms with Crippen LogP contribution in [-0.2, 0) is 13.0 Å². The molecule has 1 aliphatic rings. The first-order valence-corrected chi connectivity index (χ1v) is 7.17. The summed E-state index contributed by atoms with van der Waals surface area (Å²) in [7, 11) is 0. The van der Waals surface area contributed by atoms with Crippen LogP contribution in [0.25, 0.3) is 0 Å². The van der Waals surface area contributed by atoms with Crippen LogP contribution in [0.15, 0.2) is 42.5 Å². The molecule has 0 atom stereocenters. The highest BCUT2D eigenvalue weighted by atomic mass is 16.1. The van der Waals surface area contributed by atoms with Gasteiger partial charge in [-0.25, -0.2) is 0 Å². The van der Waals surface area contributed by atoms with Gasteiger partial charge in [0.25, 0.3) is 5.91 Å². The predicted octanol–water partition coefficient (Wildman–Crippen LogP) is 2.32. The molecule has 1 aliphatic heterocycles. The topological polar surface area (TPSA) is 72.3 Å². The van der Waals surface area contributed by atoms with E-state index in [0.717, 1.165) is 31.6 Å². The highest BCUT2D eigenvalue weighted by Gasteiger charge is 2.20. The molecule has 0 aliphatic carbocycles. The van der Waals surface area contributed by atoms with Crippen LogP contribution < -0.4 is 16.4 Å². The van der Waals surface area contributed by atoms with Crippen LogP contribution in [0.2, 0.25) is 0 Å². The van der Waals surface area contributed by atoms with E-state index in [1.54, 1.807) is 12.1 Å². The maximum Gasteiger partial charge on any atom is 0.250 e. The third-order valence-corrected chi connectivity index (χ3v) is 4.00. The zero-order valence-corrected chi connectivity index (χ0v) is 11.9. The minimum Gasteiger partial charge on any atom is -0.397 e. The molecule has 0 radical (unpaired) electrons. The van der Waals surface area contributed by atoms with Gasteiger partial charge in [0.1, 0.15) is 0 Å². The van der Waals surface area contributed by atoms with Gasteiger partial charge >= 0.3 is 0 Å². The molecule has 0 fully saturated rings. The lowest BCUT2D eigenvalue weighted by molar-refractivity contribution is 0.100. The minimum atomic E-state index is -0.435. The summed E-state index contributed by atoms with van der Waals surface area (Å²) in [5.74, 6) is -0.435. The standard InChI is InChI=1S/C17H19N3O/c18-15-9-3-8-14(17(19)21)16(15)20-10-4-7-12-5-1-2-6-13(12)11-20/h1-3,5-6,8-9H,4,7,10-11,18H2,(H2,19,21). The zero-order valence-electron chi connectivity index (χ0n) is 11.9. The molecule has 4 heteroatoms. The Kier molecular flexibility index (Phi) is 3.52. The second-order valence-electron chi connectivity index (χ2n) is 5.40. The summed E-state index contributed by atoms with van der Waals surface area (Å²) >= 11 is 0. The molecule has 2 aromatic rings. The quantitative estimate of drug-likeness (QED) is 0.830. The van der Waals surface area contributed by atoms with Crippen LogP contribution in [0.4, 0.5) is 11.4 Å². The summed E-state index contributed by atoms with van der Waals surface area (Å²) in [6.07, 6.45) is 2.08. The van der Waals surface area contributed by atoms with Gasteiger partial charge in [-0.1, -0.05) is 30.3 Å². The van der Waals surface area contributed by atoms with E-state index in [1.165, 1.54) is 11.1 Å². The number of para-hydroxylation sites is 1. The number of carbonyl (C=O) groups is 1. The molecule has 3 rings (SSSR count). The van der Waals surface area contributed by atoms with Crippen LogP contribution in [0.1, 0.15) is 27.9 Å². The molecule has 0 saturated carbocycles. The number of hydrogen-bond donors (Lipinski definition) is 2. The number of anilines is 2. The molecule has 4 nitrogen and oxygen atoms in total. The van der Waals surface area contributed by atoms with Gasteiger partial charge in [0.15, 0.2) is 0 Å². The van der Waals surface area contributed by atoms with Crippen molar-refractivity contribution in [2.24, 2.45) is 5.73 Å². The van der Waals surface area contributed by atoms with Crippen LogP contribution in [0, 0.1) is 0 Å². The Hall–Kier alpha value is -2.49. The molecule has 0 spiro atoms. The number of nitrogens with zero attached hydrogens (tertiary/aromatic N) is 1. The molecule has 4 N–H and O–H groups in total. The molecule has 0 saturated heterocycles. The number of aryl methyl sites for hydroxylation is 1. The van der Waals surface area contributed by atoms with Gasteiger partial charge in [-0.15, -0.1) is 0 Å². The maximum absolute atomic E-state index is 11.7. The van der Waals surface area contributed by atoms with E-state index in [1.807, 2.05) is 12.1 Å². The van der Waals surface area contributed by atoms with Crippen LogP contribution >= 0.6 is 0 Å². The van der Waals surface area contributed by atoms with Gasteiger partial charge in [-0.05, 0) is 36.1 Å². The number of amides is 1. The summed E-state index contributed by atoms with van der Waals surface area (Å²) in [6, 6.07) is 13.7. The Morgan fingerprint density at radius 1 is 1.05 bits per heavy atom. The summed E-state index contributed by atoms with van der Waals surface area (Å²) in [6.45, 7) is 1.62. The number of carbonyl (C=O) groups excluding carboxylic acids is 1. The van der Waals surface area contributed by atoms with Gasteiger partial charge in [0.2, 0.25) is 0 Å². The van der Waals surface area contributed by atoms with Crippen molar-refractivity contribution < 1.29 is 4.79 Å². The highest BCUT2D eigenvalue weighted by molar-refractivity contribution is 6.01. The second-order valence-corrected chi connectivity index (χ2v) is 5.40. The minimum absolute atomic E-state index is 0.435. The number of rotatable bonds is 2. The third-order valence-electron chi connectivity index (χ3n) is 4.00. The summed E-state index contributed by atoms with van der Waals surface area (Å²) in [5.41, 5.74) is 16.1. The fourth-order valence-electron chi connectivity index (χ4n) is 3.00. The molecular formula is C17H19N3O. The number of primary amides is 1. The molecule has 21 heavy (non-hydrogen) atoms. The van der Waals surface area contributed by atoms with Gasteiger partial charge in [-0.3, -0.25) is 4.79 Å². The van der Waals surface area contributed by atoms with Crippen molar-refractivity contribution in [1.29, 1.82) is 0 Å². The Bertz CT molecular complexity index is 681. The molecule has 0 bridgehead atoms. The fraction of sp³-hybridized carbons (Fsp3) is 0.235. The molecule has 108 valence electrons. The maximum atomic E-state index is 11.7. The van der Waals surface area contributed by atoms with E-state index in [0.29, 0.717) is 11.3 Å². The van der Waals surface area contributed by atoms with E-state index >= 15 is 0 Å². The highest BCUT2D eigenvalue weighted by Crippen LogP contribution is 2.31. The van der Waals surface area contributed by atoms with Crippen molar-refractivity contribution in [3.05, 3.63) is 59.2 Å². The molecular weight excluding hydrogens is 262 g/mol. The summed E-state index contributed by atoms with van der Waals surface area (Å²) in [4.78, 5) is 13.9. The first-order chi connectivity index (χ1) is 10.2. The fourth-order valence-corrected chi connectivity index (χ4v) is 3.00. The van der Waals surface area contributed by atoms with Gasteiger partial charge in [0.05, 0.1) is 16.9 Å². The normalized spacial score (nSPS) is 14.4. The molecule has 1 heterocycles. The third kappa shape index (κ3) is 2.57. The van der Waals surface area contributed by atoms with E-state index in [9.17, 15) is 4.79 Å². The van der Waals surface area contributed by atoms with Gasteiger partial charge < -0.3 is 16.4 Å². The first kappa shape index (κ1) is 13.5. The van der Waals surface area contributed by atoms with Crippen molar-refractivity contribution in [1.82, 2.24) is 0 Å². The van der Waals surface area contributed by atoms with Crippen LogP contribution in [0.3, 0.4) is 0 Å². The monoisotopic (exact) mass is 281 g/mol. The lowest BCUT2D eigenvalue weighted by Gasteiger charge is -2.26. The SMILES string of the molecule is NC(=O)c1cccc(N)c1N1CCCc2ccccc2C1.